The minimum absolute atomic E-state index is 0.249. The molecule has 2 aromatic carbocycles. The highest BCUT2D eigenvalue weighted by Crippen LogP contribution is 2.21. The summed E-state index contributed by atoms with van der Waals surface area (Å²) in [7, 11) is 0. The number of nitrogens with one attached hydrogen (secondary N) is 1. The number of anilines is 1. The fourth-order valence-electron chi connectivity index (χ4n) is 2.18. The number of nitrogens with two attached hydrogens (primary N) is 1. The first-order valence-electron chi connectivity index (χ1n) is 7.73. The van der Waals surface area contributed by atoms with Crippen LogP contribution >= 0.6 is 0 Å². The lowest BCUT2D eigenvalue weighted by molar-refractivity contribution is -0.126. The van der Waals surface area contributed by atoms with E-state index in [0.717, 1.165) is 0 Å². The summed E-state index contributed by atoms with van der Waals surface area (Å²) < 4.78 is 0. The van der Waals surface area contributed by atoms with Gasteiger partial charge in [-0.1, -0.05) is 30.8 Å². The van der Waals surface area contributed by atoms with E-state index in [-0.39, 0.29) is 5.70 Å². The zero-order valence-corrected chi connectivity index (χ0v) is 14.2. The Morgan fingerprint density at radius 1 is 1.19 bits per heavy atom. The highest BCUT2D eigenvalue weighted by Gasteiger charge is 2.23. The largest absolute Gasteiger partial charge is 0.399 e. The number of carbonyl (C=O) groups excluding carboxylic acids is 3. The van der Waals surface area contributed by atoms with E-state index in [9.17, 15) is 14.4 Å². The number of benzene rings is 2. The lowest BCUT2D eigenvalue weighted by Crippen LogP contribution is -2.31. The number of hydrogen-bond donors (Lipinski definition) is 2. The van der Waals surface area contributed by atoms with Gasteiger partial charge in [0.2, 0.25) is 6.04 Å². The van der Waals surface area contributed by atoms with Gasteiger partial charge in [0, 0.05) is 22.5 Å². The van der Waals surface area contributed by atoms with Crippen LogP contribution in [0.15, 0.2) is 65.3 Å². The van der Waals surface area contributed by atoms with Crippen molar-refractivity contribution in [2.75, 3.05) is 5.32 Å². The summed E-state index contributed by atoms with van der Waals surface area (Å²) in [6.07, 6.45) is 0.622. The summed E-state index contributed by atoms with van der Waals surface area (Å²) in [5, 5.41) is 10.4. The van der Waals surface area contributed by atoms with Crippen LogP contribution in [0.4, 0.5) is 11.4 Å². The van der Waals surface area contributed by atoms with E-state index in [4.69, 9.17) is 5.73 Å². The Balaban J connectivity index is 2.21. The molecule has 7 nitrogen and oxygen atoms in total. The number of Topliss-reactive ketones (excluding diaryl/α,β-unsaturated/α-hetero) is 1. The number of carbonyl (C=O) groups is 3. The first-order valence-corrected chi connectivity index (χ1v) is 7.73. The Bertz CT molecular complexity index is 876. The van der Waals surface area contributed by atoms with Gasteiger partial charge in [0.1, 0.15) is 0 Å². The Labute approximate surface area is 150 Å². The monoisotopic (exact) mass is 350 g/mol. The lowest BCUT2D eigenvalue weighted by atomic mass is 10.1. The molecular formula is C19H18N4O3. The SMILES string of the molecule is C=C(N)c1ccc(N=NC(C(C)=O)C(=O)Nc2ccccc2)cc1C=O. The van der Waals surface area contributed by atoms with Gasteiger partial charge in [-0.2, -0.15) is 10.2 Å². The maximum absolute atomic E-state index is 12.3. The molecule has 0 fully saturated rings. The van der Waals surface area contributed by atoms with Crippen LogP contribution in [0.5, 0.6) is 0 Å². The van der Waals surface area contributed by atoms with E-state index in [0.29, 0.717) is 28.8 Å². The molecule has 0 bridgehead atoms. The van der Waals surface area contributed by atoms with Crippen LogP contribution in [0.25, 0.3) is 5.70 Å². The van der Waals surface area contributed by atoms with Gasteiger partial charge in [-0.3, -0.25) is 14.4 Å². The molecule has 0 radical (unpaired) electrons. The van der Waals surface area contributed by atoms with Gasteiger partial charge in [0.15, 0.2) is 12.1 Å². The molecular weight excluding hydrogens is 332 g/mol. The first-order chi connectivity index (χ1) is 12.4. The van der Waals surface area contributed by atoms with Gasteiger partial charge >= 0.3 is 0 Å². The molecule has 0 aromatic heterocycles. The smallest absolute Gasteiger partial charge is 0.258 e. The highest BCUT2D eigenvalue weighted by atomic mass is 16.2. The Morgan fingerprint density at radius 2 is 1.88 bits per heavy atom. The minimum atomic E-state index is -1.29. The lowest BCUT2D eigenvalue weighted by Gasteiger charge is -2.09. The molecule has 2 rings (SSSR count). The number of para-hydroxylation sites is 1. The van der Waals surface area contributed by atoms with Crippen molar-refractivity contribution in [2.24, 2.45) is 16.0 Å². The summed E-state index contributed by atoms with van der Waals surface area (Å²) >= 11 is 0. The fourth-order valence-corrected chi connectivity index (χ4v) is 2.18. The number of azo groups is 1. The number of rotatable bonds is 7. The average molecular weight is 350 g/mol. The van der Waals surface area contributed by atoms with Crippen LogP contribution in [0.1, 0.15) is 22.8 Å². The molecule has 1 unspecified atom stereocenters. The van der Waals surface area contributed by atoms with E-state index >= 15 is 0 Å². The van der Waals surface area contributed by atoms with Crippen LogP contribution in [-0.4, -0.2) is 24.0 Å². The summed E-state index contributed by atoms with van der Waals surface area (Å²) in [6.45, 7) is 4.85. The molecule has 3 N–H and O–H groups in total. The summed E-state index contributed by atoms with van der Waals surface area (Å²) in [4.78, 5) is 35.2. The van der Waals surface area contributed by atoms with Crippen molar-refractivity contribution in [1.29, 1.82) is 0 Å². The maximum atomic E-state index is 12.3. The third-order valence-corrected chi connectivity index (χ3v) is 3.47. The normalized spacial score (nSPS) is 11.7. The van der Waals surface area contributed by atoms with Gasteiger partial charge < -0.3 is 11.1 Å². The molecule has 1 amide bonds. The van der Waals surface area contributed by atoms with Gasteiger partial charge in [0.05, 0.1) is 5.69 Å². The Hall–Kier alpha value is -3.61. The second kappa shape index (κ2) is 8.48. The Morgan fingerprint density at radius 3 is 2.46 bits per heavy atom. The van der Waals surface area contributed by atoms with Crippen LogP contribution in [-0.2, 0) is 9.59 Å². The molecule has 0 aliphatic heterocycles. The third kappa shape index (κ3) is 4.70. The van der Waals surface area contributed by atoms with Gasteiger partial charge in [-0.15, -0.1) is 0 Å². The number of ketones is 1. The zero-order chi connectivity index (χ0) is 19.1. The topological polar surface area (TPSA) is 114 Å². The van der Waals surface area contributed by atoms with E-state index in [1.165, 1.54) is 13.0 Å². The molecule has 1 atom stereocenters. The van der Waals surface area contributed by atoms with Crippen molar-refractivity contribution in [3.8, 4) is 0 Å². The van der Waals surface area contributed by atoms with Crippen LogP contribution < -0.4 is 11.1 Å². The molecule has 0 heterocycles. The van der Waals surface area contributed by atoms with Gasteiger partial charge in [-0.25, -0.2) is 0 Å². The van der Waals surface area contributed by atoms with Crippen molar-refractivity contribution in [3.05, 3.63) is 66.2 Å². The summed E-state index contributed by atoms with van der Waals surface area (Å²) in [6, 6.07) is 12.0. The fraction of sp³-hybridized carbons (Fsp3) is 0.105. The molecule has 0 saturated heterocycles. The van der Waals surface area contributed by atoms with E-state index in [2.05, 4.69) is 22.1 Å². The maximum Gasteiger partial charge on any atom is 0.258 e. The second-order valence-electron chi connectivity index (χ2n) is 5.50. The van der Waals surface area contributed by atoms with Crippen LogP contribution in [0.3, 0.4) is 0 Å². The summed E-state index contributed by atoms with van der Waals surface area (Å²) in [5.74, 6) is -1.04. The number of hydrogen-bond acceptors (Lipinski definition) is 6. The van der Waals surface area contributed by atoms with E-state index < -0.39 is 17.7 Å². The van der Waals surface area contributed by atoms with Crippen molar-refractivity contribution in [3.63, 3.8) is 0 Å². The second-order valence-corrected chi connectivity index (χ2v) is 5.50. The van der Waals surface area contributed by atoms with E-state index in [1.54, 1.807) is 36.4 Å². The molecule has 7 heteroatoms. The van der Waals surface area contributed by atoms with Crippen molar-refractivity contribution >= 4 is 35.0 Å². The van der Waals surface area contributed by atoms with Crippen molar-refractivity contribution in [2.45, 2.75) is 13.0 Å². The van der Waals surface area contributed by atoms with Crippen LogP contribution in [0.2, 0.25) is 0 Å². The van der Waals surface area contributed by atoms with Gasteiger partial charge in [-0.05, 0) is 31.2 Å². The summed E-state index contributed by atoms with van der Waals surface area (Å²) in [5.41, 5.74) is 7.51. The van der Waals surface area contributed by atoms with Gasteiger partial charge in [0.25, 0.3) is 5.91 Å². The molecule has 26 heavy (non-hydrogen) atoms. The minimum Gasteiger partial charge on any atom is -0.399 e. The predicted molar refractivity (Wildman–Crippen MR) is 99.1 cm³/mol. The number of aldehydes is 1. The van der Waals surface area contributed by atoms with Crippen molar-refractivity contribution in [1.82, 2.24) is 0 Å². The number of nitrogens with zero attached hydrogens (tertiary/aromatic N) is 2. The van der Waals surface area contributed by atoms with Crippen LogP contribution in [0, 0.1) is 0 Å². The average Bonchev–Trinajstić information content (AvgIpc) is 2.62. The standard InChI is InChI=1S/C19H18N4O3/c1-12(20)17-9-8-16(10-14(17)11-24)22-23-18(13(2)25)19(26)21-15-6-4-3-5-7-15/h3-11,18H,1,20H2,2H3,(H,21,26). The van der Waals surface area contributed by atoms with Crippen molar-refractivity contribution < 1.29 is 14.4 Å². The molecule has 0 aliphatic rings. The zero-order valence-electron chi connectivity index (χ0n) is 14.2. The predicted octanol–water partition coefficient (Wildman–Crippen LogP) is 3.11. The molecule has 0 aliphatic carbocycles. The first kappa shape index (κ1) is 18.7. The Kier molecular flexibility index (Phi) is 6.10. The molecule has 2 aromatic rings. The quantitative estimate of drug-likeness (QED) is 0.453. The molecule has 132 valence electrons. The highest BCUT2D eigenvalue weighted by molar-refractivity contribution is 6.10. The van der Waals surface area contributed by atoms with E-state index in [1.807, 2.05) is 6.07 Å². The third-order valence-electron chi connectivity index (χ3n) is 3.47. The number of amides is 1. The molecule has 0 saturated carbocycles. The molecule has 0 spiro atoms.